The van der Waals surface area contributed by atoms with Crippen LogP contribution in [-0.4, -0.2) is 50.3 Å². The maximum absolute atomic E-state index is 13.5. The molecular formula is C26H34N2O9S. The number of hydrogen-bond acceptors (Lipinski definition) is 9. The Bertz CT molecular complexity index is 1230. The standard InChI is InChI=1S/C26H34N2O9S/c1-19(2)16-27(38(32,33)22-11-12-23-24(15-22)36-18-35-23)17-26(3,4)13-5-6-14-34-25(29)37-21-9-7-20(8-10-21)28(30)31/h7-12,15,19H,5-6,13-14,16-18H2,1-4H3. The SMILES string of the molecule is CC(C)CN(CC(C)(C)CCCCOC(=O)Oc1ccc([N+](=O)[O-])cc1)S(=O)(=O)c1ccc2c(c1)OCO2. The van der Waals surface area contributed by atoms with Crippen LogP contribution in [0.3, 0.4) is 0 Å². The minimum absolute atomic E-state index is 0.0695. The monoisotopic (exact) mass is 550 g/mol. The van der Waals surface area contributed by atoms with Crippen molar-refractivity contribution in [2.24, 2.45) is 11.3 Å². The van der Waals surface area contributed by atoms with E-state index < -0.39 is 21.1 Å². The highest BCUT2D eigenvalue weighted by atomic mass is 32.2. The first-order valence-electron chi connectivity index (χ1n) is 12.4. The zero-order valence-electron chi connectivity index (χ0n) is 22.0. The Morgan fingerprint density at radius 2 is 1.79 bits per heavy atom. The average molecular weight is 551 g/mol. The minimum Gasteiger partial charge on any atom is -0.454 e. The summed E-state index contributed by atoms with van der Waals surface area (Å²) in [7, 11) is -3.76. The van der Waals surface area contributed by atoms with Crippen LogP contribution >= 0.6 is 0 Å². The molecular weight excluding hydrogens is 516 g/mol. The van der Waals surface area contributed by atoms with Crippen molar-refractivity contribution in [3.8, 4) is 17.2 Å². The van der Waals surface area contributed by atoms with Crippen molar-refractivity contribution in [1.29, 1.82) is 0 Å². The highest BCUT2D eigenvalue weighted by Crippen LogP contribution is 2.36. The number of nitrogens with zero attached hydrogens (tertiary/aromatic N) is 2. The maximum atomic E-state index is 13.5. The van der Waals surface area contributed by atoms with Crippen molar-refractivity contribution in [3.63, 3.8) is 0 Å². The molecule has 208 valence electrons. The fourth-order valence-electron chi connectivity index (χ4n) is 4.02. The van der Waals surface area contributed by atoms with Crippen LogP contribution in [0.5, 0.6) is 17.2 Å². The zero-order valence-corrected chi connectivity index (χ0v) is 22.9. The second-order valence-electron chi connectivity index (χ2n) is 10.3. The number of nitro benzene ring substituents is 1. The molecule has 2 aromatic carbocycles. The van der Waals surface area contributed by atoms with Crippen molar-refractivity contribution in [1.82, 2.24) is 4.31 Å². The molecule has 0 radical (unpaired) electrons. The lowest BCUT2D eigenvalue weighted by molar-refractivity contribution is -0.384. The molecule has 0 atom stereocenters. The molecule has 0 aromatic heterocycles. The lowest BCUT2D eigenvalue weighted by Crippen LogP contribution is -2.41. The third-order valence-electron chi connectivity index (χ3n) is 5.87. The van der Waals surface area contributed by atoms with Crippen LogP contribution in [0.15, 0.2) is 47.4 Å². The smallest absolute Gasteiger partial charge is 0.454 e. The van der Waals surface area contributed by atoms with Crippen molar-refractivity contribution in [2.75, 3.05) is 26.5 Å². The van der Waals surface area contributed by atoms with Gasteiger partial charge >= 0.3 is 6.16 Å². The molecule has 3 rings (SSSR count). The largest absolute Gasteiger partial charge is 0.513 e. The Labute approximate surface area is 222 Å². The lowest BCUT2D eigenvalue weighted by Gasteiger charge is -2.33. The van der Waals surface area contributed by atoms with Gasteiger partial charge in [-0.05, 0) is 54.9 Å². The molecule has 11 nitrogen and oxygen atoms in total. The summed E-state index contributed by atoms with van der Waals surface area (Å²) in [5, 5.41) is 10.7. The van der Waals surface area contributed by atoms with Gasteiger partial charge in [-0.15, -0.1) is 0 Å². The molecule has 1 aliphatic heterocycles. The summed E-state index contributed by atoms with van der Waals surface area (Å²) in [5.41, 5.74) is -0.443. The molecule has 0 amide bonds. The molecule has 0 saturated heterocycles. The Kier molecular flexibility index (Phi) is 9.55. The van der Waals surface area contributed by atoms with E-state index in [1.54, 1.807) is 6.07 Å². The van der Waals surface area contributed by atoms with Crippen LogP contribution in [0.25, 0.3) is 0 Å². The number of non-ortho nitro benzene ring substituents is 1. The quantitative estimate of drug-likeness (QED) is 0.106. The van der Waals surface area contributed by atoms with E-state index in [4.69, 9.17) is 18.9 Å². The number of hydrogen-bond donors (Lipinski definition) is 0. The summed E-state index contributed by atoms with van der Waals surface area (Å²) in [6.45, 7) is 8.87. The minimum atomic E-state index is -3.76. The van der Waals surface area contributed by atoms with Crippen LogP contribution in [0.1, 0.15) is 47.0 Å². The second kappa shape index (κ2) is 12.4. The van der Waals surface area contributed by atoms with Gasteiger partial charge in [0, 0.05) is 31.3 Å². The summed E-state index contributed by atoms with van der Waals surface area (Å²) in [4.78, 5) is 22.2. The summed E-state index contributed by atoms with van der Waals surface area (Å²) in [5.74, 6) is 1.22. The molecule has 0 unspecified atom stereocenters. The third kappa shape index (κ3) is 8.06. The van der Waals surface area contributed by atoms with Crippen LogP contribution < -0.4 is 14.2 Å². The first-order chi connectivity index (χ1) is 17.9. The Morgan fingerprint density at radius 3 is 2.45 bits per heavy atom. The van der Waals surface area contributed by atoms with Crippen LogP contribution in [0, 0.1) is 21.4 Å². The van der Waals surface area contributed by atoms with E-state index in [0.29, 0.717) is 43.9 Å². The van der Waals surface area contributed by atoms with Crippen molar-refractivity contribution in [2.45, 2.75) is 51.9 Å². The first-order valence-corrected chi connectivity index (χ1v) is 13.8. The van der Waals surface area contributed by atoms with Crippen LogP contribution in [0.2, 0.25) is 0 Å². The van der Waals surface area contributed by atoms with Gasteiger partial charge in [-0.1, -0.05) is 27.7 Å². The number of unbranched alkanes of at least 4 members (excludes halogenated alkanes) is 1. The Morgan fingerprint density at radius 1 is 1.11 bits per heavy atom. The molecule has 2 aromatic rings. The van der Waals surface area contributed by atoms with E-state index in [1.165, 1.54) is 40.7 Å². The zero-order chi connectivity index (χ0) is 27.9. The molecule has 1 aliphatic rings. The molecule has 0 aliphatic carbocycles. The number of sulfonamides is 1. The van der Waals surface area contributed by atoms with Gasteiger partial charge in [0.15, 0.2) is 11.5 Å². The van der Waals surface area contributed by atoms with E-state index in [1.807, 2.05) is 27.7 Å². The molecule has 1 heterocycles. The lowest BCUT2D eigenvalue weighted by atomic mass is 9.87. The number of rotatable bonds is 13. The average Bonchev–Trinajstić information content (AvgIpc) is 3.31. The highest BCUT2D eigenvalue weighted by molar-refractivity contribution is 7.89. The van der Waals surface area contributed by atoms with Gasteiger partial charge in [0.05, 0.1) is 16.4 Å². The molecule has 38 heavy (non-hydrogen) atoms. The normalized spacial score (nSPS) is 13.1. The van der Waals surface area contributed by atoms with E-state index >= 15 is 0 Å². The van der Waals surface area contributed by atoms with Gasteiger partial charge in [-0.25, -0.2) is 13.2 Å². The predicted molar refractivity (Wildman–Crippen MR) is 139 cm³/mol. The van der Waals surface area contributed by atoms with Crippen LogP contribution in [-0.2, 0) is 14.8 Å². The van der Waals surface area contributed by atoms with Crippen molar-refractivity contribution < 1.29 is 37.1 Å². The highest BCUT2D eigenvalue weighted by Gasteiger charge is 2.32. The number of carbonyl (C=O) groups is 1. The maximum Gasteiger partial charge on any atom is 0.513 e. The van der Waals surface area contributed by atoms with Gasteiger partial charge in [0.1, 0.15) is 5.75 Å². The molecule has 0 fully saturated rings. The topological polar surface area (TPSA) is 135 Å². The summed E-state index contributed by atoms with van der Waals surface area (Å²) < 4.78 is 49.3. The van der Waals surface area contributed by atoms with E-state index in [0.717, 1.165) is 0 Å². The molecule has 0 spiro atoms. The van der Waals surface area contributed by atoms with Gasteiger partial charge in [-0.2, -0.15) is 4.31 Å². The van der Waals surface area contributed by atoms with Crippen molar-refractivity contribution >= 4 is 21.9 Å². The van der Waals surface area contributed by atoms with Gasteiger partial charge in [-0.3, -0.25) is 10.1 Å². The van der Waals surface area contributed by atoms with Gasteiger partial charge in [0.2, 0.25) is 16.8 Å². The van der Waals surface area contributed by atoms with Gasteiger partial charge in [0.25, 0.3) is 5.69 Å². The third-order valence-corrected chi connectivity index (χ3v) is 7.68. The number of ether oxygens (including phenoxy) is 4. The fraction of sp³-hybridized carbons (Fsp3) is 0.500. The molecule has 0 bridgehead atoms. The molecule has 0 saturated carbocycles. The van der Waals surface area contributed by atoms with Gasteiger partial charge < -0.3 is 18.9 Å². The fourth-order valence-corrected chi connectivity index (χ4v) is 5.83. The number of benzene rings is 2. The van der Waals surface area contributed by atoms with Crippen molar-refractivity contribution in [3.05, 3.63) is 52.6 Å². The number of nitro groups is 1. The molecule has 0 N–H and O–H groups in total. The Balaban J connectivity index is 1.50. The summed E-state index contributed by atoms with van der Waals surface area (Å²) in [6.07, 6.45) is 1.09. The Hall–Kier alpha value is -3.38. The van der Waals surface area contributed by atoms with Crippen LogP contribution in [0.4, 0.5) is 10.5 Å². The molecule has 12 heteroatoms. The van der Waals surface area contributed by atoms with E-state index in [2.05, 4.69) is 0 Å². The predicted octanol–water partition coefficient (Wildman–Crippen LogP) is 5.38. The van der Waals surface area contributed by atoms with E-state index in [9.17, 15) is 23.3 Å². The summed E-state index contributed by atoms with van der Waals surface area (Å²) in [6, 6.07) is 9.77. The first kappa shape index (κ1) is 29.2. The summed E-state index contributed by atoms with van der Waals surface area (Å²) >= 11 is 0. The van der Waals surface area contributed by atoms with E-state index in [-0.39, 0.29) is 41.1 Å². The second-order valence-corrected chi connectivity index (χ2v) is 12.2. The number of fused-ring (bicyclic) bond motifs is 1. The number of carbonyl (C=O) groups excluding carboxylic acids is 1.